The maximum absolute atomic E-state index is 5.68. The highest BCUT2D eigenvalue weighted by Gasteiger charge is 2.21. The van der Waals surface area contributed by atoms with Crippen molar-refractivity contribution in [1.82, 2.24) is 4.98 Å². The van der Waals surface area contributed by atoms with Crippen LogP contribution in [-0.2, 0) is 5.41 Å². The van der Waals surface area contributed by atoms with Crippen LogP contribution in [0, 0.1) is 0 Å². The highest BCUT2D eigenvalue weighted by molar-refractivity contribution is 5.82. The quantitative estimate of drug-likeness (QED) is 0.853. The van der Waals surface area contributed by atoms with Crippen LogP contribution in [-0.4, -0.2) is 11.5 Å². The molecule has 0 saturated carbocycles. The lowest BCUT2D eigenvalue weighted by molar-refractivity contribution is 0.491. The third kappa shape index (κ3) is 1.93. The second kappa shape index (κ2) is 4.22. The molecular formula is C14H18N2. The summed E-state index contributed by atoms with van der Waals surface area (Å²) < 4.78 is 0. The van der Waals surface area contributed by atoms with Gasteiger partial charge in [-0.1, -0.05) is 32.0 Å². The largest absolute Gasteiger partial charge is 0.330 e. The van der Waals surface area contributed by atoms with Crippen molar-refractivity contribution in [3.05, 3.63) is 42.1 Å². The van der Waals surface area contributed by atoms with E-state index in [2.05, 4.69) is 43.1 Å². The van der Waals surface area contributed by atoms with E-state index in [1.54, 1.807) is 0 Å². The number of fused-ring (bicyclic) bond motifs is 1. The monoisotopic (exact) mass is 214 g/mol. The average molecular weight is 214 g/mol. The molecule has 0 aliphatic carbocycles. The van der Waals surface area contributed by atoms with E-state index in [4.69, 9.17) is 5.73 Å². The van der Waals surface area contributed by atoms with E-state index in [1.165, 1.54) is 10.9 Å². The summed E-state index contributed by atoms with van der Waals surface area (Å²) in [5.74, 6) is 0. The van der Waals surface area contributed by atoms with E-state index in [9.17, 15) is 0 Å². The van der Waals surface area contributed by atoms with Gasteiger partial charge in [-0.3, -0.25) is 4.98 Å². The first-order valence-electron chi connectivity index (χ1n) is 5.69. The standard InChI is InChI=1S/C14H18N2/c1-14(2,8-9-15)12-7-10-16-13-6-4-3-5-11(12)13/h3-7,10H,8-9,15H2,1-2H3. The molecule has 1 aromatic heterocycles. The summed E-state index contributed by atoms with van der Waals surface area (Å²) in [6.07, 6.45) is 2.87. The Morgan fingerprint density at radius 3 is 2.69 bits per heavy atom. The molecule has 1 aromatic carbocycles. The molecule has 2 aromatic rings. The van der Waals surface area contributed by atoms with Gasteiger partial charge in [0.15, 0.2) is 0 Å². The third-order valence-electron chi connectivity index (χ3n) is 3.15. The first-order valence-corrected chi connectivity index (χ1v) is 5.69. The van der Waals surface area contributed by atoms with Gasteiger partial charge < -0.3 is 5.73 Å². The summed E-state index contributed by atoms with van der Waals surface area (Å²) >= 11 is 0. The molecule has 2 heteroatoms. The first kappa shape index (κ1) is 11.1. The smallest absolute Gasteiger partial charge is 0.0704 e. The summed E-state index contributed by atoms with van der Waals surface area (Å²) in [5.41, 5.74) is 8.19. The number of rotatable bonds is 3. The van der Waals surface area contributed by atoms with Crippen molar-refractivity contribution in [2.24, 2.45) is 5.73 Å². The van der Waals surface area contributed by atoms with Crippen LogP contribution >= 0.6 is 0 Å². The highest BCUT2D eigenvalue weighted by atomic mass is 14.6. The van der Waals surface area contributed by atoms with Crippen molar-refractivity contribution in [3.63, 3.8) is 0 Å². The Morgan fingerprint density at radius 1 is 1.19 bits per heavy atom. The lowest BCUT2D eigenvalue weighted by Crippen LogP contribution is -2.22. The van der Waals surface area contributed by atoms with Crippen LogP contribution in [0.25, 0.3) is 10.9 Å². The molecule has 0 fully saturated rings. The Bertz CT molecular complexity index is 484. The third-order valence-corrected chi connectivity index (χ3v) is 3.15. The molecule has 0 saturated heterocycles. The Morgan fingerprint density at radius 2 is 1.94 bits per heavy atom. The van der Waals surface area contributed by atoms with Crippen LogP contribution in [0.1, 0.15) is 25.8 Å². The van der Waals surface area contributed by atoms with Gasteiger partial charge in [-0.05, 0) is 36.1 Å². The zero-order valence-electron chi connectivity index (χ0n) is 9.90. The maximum Gasteiger partial charge on any atom is 0.0704 e. The van der Waals surface area contributed by atoms with Gasteiger partial charge in [0.2, 0.25) is 0 Å². The van der Waals surface area contributed by atoms with Crippen molar-refractivity contribution >= 4 is 10.9 Å². The average Bonchev–Trinajstić information content (AvgIpc) is 2.28. The van der Waals surface area contributed by atoms with Crippen molar-refractivity contribution in [3.8, 4) is 0 Å². The summed E-state index contributed by atoms with van der Waals surface area (Å²) in [7, 11) is 0. The molecule has 2 rings (SSSR count). The number of nitrogens with two attached hydrogens (primary N) is 1. The zero-order valence-corrected chi connectivity index (χ0v) is 9.90. The maximum atomic E-state index is 5.68. The summed E-state index contributed by atoms with van der Waals surface area (Å²) in [6.45, 7) is 5.19. The van der Waals surface area contributed by atoms with Gasteiger partial charge in [-0.15, -0.1) is 0 Å². The summed E-state index contributed by atoms with van der Waals surface area (Å²) in [6, 6.07) is 10.4. The number of benzene rings is 1. The fraction of sp³-hybridized carbons (Fsp3) is 0.357. The minimum atomic E-state index is 0.108. The van der Waals surface area contributed by atoms with Gasteiger partial charge in [0.25, 0.3) is 0 Å². The number of para-hydroxylation sites is 1. The molecule has 2 N–H and O–H groups in total. The van der Waals surface area contributed by atoms with E-state index < -0.39 is 0 Å². The van der Waals surface area contributed by atoms with Crippen LogP contribution < -0.4 is 5.73 Å². The van der Waals surface area contributed by atoms with Crippen LogP contribution in [0.5, 0.6) is 0 Å². The SMILES string of the molecule is CC(C)(CCN)c1ccnc2ccccc12. The molecular weight excluding hydrogens is 196 g/mol. The van der Waals surface area contributed by atoms with E-state index in [0.29, 0.717) is 6.54 Å². The van der Waals surface area contributed by atoms with Gasteiger partial charge in [0.1, 0.15) is 0 Å². The van der Waals surface area contributed by atoms with Crippen LogP contribution in [0.15, 0.2) is 36.5 Å². The number of hydrogen-bond acceptors (Lipinski definition) is 2. The van der Waals surface area contributed by atoms with E-state index >= 15 is 0 Å². The molecule has 0 aliphatic rings. The van der Waals surface area contributed by atoms with Crippen LogP contribution in [0.4, 0.5) is 0 Å². The van der Waals surface area contributed by atoms with Gasteiger partial charge in [0.05, 0.1) is 5.52 Å². The Hall–Kier alpha value is -1.41. The molecule has 16 heavy (non-hydrogen) atoms. The lowest BCUT2D eigenvalue weighted by atomic mass is 9.80. The predicted octanol–water partition coefficient (Wildman–Crippen LogP) is 2.86. The molecule has 0 aliphatic heterocycles. The number of aromatic nitrogens is 1. The Labute approximate surface area is 96.5 Å². The number of nitrogens with zero attached hydrogens (tertiary/aromatic N) is 1. The Balaban J connectivity index is 2.60. The van der Waals surface area contributed by atoms with Gasteiger partial charge in [-0.2, -0.15) is 0 Å². The molecule has 2 nitrogen and oxygen atoms in total. The molecule has 0 radical (unpaired) electrons. The highest BCUT2D eigenvalue weighted by Crippen LogP contribution is 2.31. The second-order valence-electron chi connectivity index (χ2n) is 4.80. The first-order chi connectivity index (χ1) is 7.65. The van der Waals surface area contributed by atoms with Crippen molar-refractivity contribution in [1.29, 1.82) is 0 Å². The fourth-order valence-corrected chi connectivity index (χ4v) is 2.18. The van der Waals surface area contributed by atoms with Gasteiger partial charge >= 0.3 is 0 Å². The molecule has 0 spiro atoms. The molecule has 0 bridgehead atoms. The van der Waals surface area contributed by atoms with Gasteiger partial charge in [0, 0.05) is 11.6 Å². The normalized spacial score (nSPS) is 11.9. The lowest BCUT2D eigenvalue weighted by Gasteiger charge is -2.25. The van der Waals surface area contributed by atoms with Crippen LogP contribution in [0.3, 0.4) is 0 Å². The topological polar surface area (TPSA) is 38.9 Å². The molecule has 84 valence electrons. The minimum Gasteiger partial charge on any atom is -0.330 e. The number of pyridine rings is 1. The van der Waals surface area contributed by atoms with Crippen molar-refractivity contribution < 1.29 is 0 Å². The second-order valence-corrected chi connectivity index (χ2v) is 4.80. The predicted molar refractivity (Wildman–Crippen MR) is 68.4 cm³/mol. The molecule has 1 heterocycles. The van der Waals surface area contributed by atoms with E-state index in [-0.39, 0.29) is 5.41 Å². The van der Waals surface area contributed by atoms with E-state index in [1.807, 2.05) is 12.3 Å². The zero-order chi connectivity index (χ0) is 11.6. The van der Waals surface area contributed by atoms with Gasteiger partial charge in [-0.25, -0.2) is 0 Å². The van der Waals surface area contributed by atoms with Crippen molar-refractivity contribution in [2.75, 3.05) is 6.54 Å². The summed E-state index contributed by atoms with van der Waals surface area (Å²) in [5, 5.41) is 1.24. The van der Waals surface area contributed by atoms with Crippen LogP contribution in [0.2, 0.25) is 0 Å². The fourth-order valence-electron chi connectivity index (χ4n) is 2.18. The summed E-state index contributed by atoms with van der Waals surface area (Å²) in [4.78, 5) is 4.38. The minimum absolute atomic E-state index is 0.108. The number of hydrogen-bond donors (Lipinski definition) is 1. The van der Waals surface area contributed by atoms with E-state index in [0.717, 1.165) is 11.9 Å². The van der Waals surface area contributed by atoms with Crippen molar-refractivity contribution in [2.45, 2.75) is 25.7 Å². The molecule has 0 amide bonds. The molecule has 0 atom stereocenters. The Kier molecular flexibility index (Phi) is 2.92. The molecule has 0 unspecified atom stereocenters.